The zero-order valence-electron chi connectivity index (χ0n) is 19.4. The Bertz CT molecular complexity index is 1210. The molecule has 1 unspecified atom stereocenters. The summed E-state index contributed by atoms with van der Waals surface area (Å²) in [6, 6.07) is 17.5. The van der Waals surface area contributed by atoms with Crippen LogP contribution in [0.1, 0.15) is 39.3 Å². The molecule has 1 fully saturated rings. The summed E-state index contributed by atoms with van der Waals surface area (Å²) in [5, 5.41) is 0. The van der Waals surface area contributed by atoms with Crippen molar-refractivity contribution in [3.8, 4) is 5.69 Å². The Morgan fingerprint density at radius 3 is 2.09 bits per heavy atom. The minimum Gasteiger partial charge on any atom is -0.457 e. The van der Waals surface area contributed by atoms with Crippen LogP contribution in [0.2, 0.25) is 0 Å². The Labute approximate surface area is 193 Å². The Balaban J connectivity index is 1.40. The lowest BCUT2D eigenvalue weighted by Crippen LogP contribution is -2.27. The van der Waals surface area contributed by atoms with Crippen molar-refractivity contribution in [3.05, 3.63) is 82.7 Å². The van der Waals surface area contributed by atoms with Gasteiger partial charge in [-0.15, -0.1) is 0 Å². The normalized spacial score (nSPS) is 15.7. The average molecular weight is 445 g/mol. The molecule has 1 aromatic heterocycles. The van der Waals surface area contributed by atoms with Crippen molar-refractivity contribution in [2.24, 2.45) is 5.92 Å². The minimum atomic E-state index is -0.577. The van der Waals surface area contributed by atoms with Crippen molar-refractivity contribution in [3.63, 3.8) is 0 Å². The van der Waals surface area contributed by atoms with E-state index in [1.807, 2.05) is 86.9 Å². The highest BCUT2D eigenvalue weighted by Gasteiger charge is 2.36. The summed E-state index contributed by atoms with van der Waals surface area (Å²) in [5.41, 5.74) is 6.27. The maximum atomic E-state index is 12.8. The standard InChI is InChI=1S/C27H28N2O4/c1-17-5-9-22(10-6-17)28-15-21(14-26(28)31)27(32)33-16-25(30)24-13-19(3)29(20(24)4)23-11-7-18(2)8-12-23/h5-13,21H,14-16H2,1-4H3. The molecule has 1 aliphatic rings. The van der Waals surface area contributed by atoms with Crippen LogP contribution in [0.4, 0.5) is 5.69 Å². The highest BCUT2D eigenvalue weighted by atomic mass is 16.5. The smallest absolute Gasteiger partial charge is 0.311 e. The lowest BCUT2D eigenvalue weighted by Gasteiger charge is -2.16. The van der Waals surface area contributed by atoms with Gasteiger partial charge in [0.2, 0.25) is 11.7 Å². The number of hydrogen-bond donors (Lipinski definition) is 0. The van der Waals surface area contributed by atoms with Gasteiger partial charge in [0.1, 0.15) is 0 Å². The second-order valence-corrected chi connectivity index (χ2v) is 8.73. The summed E-state index contributed by atoms with van der Waals surface area (Å²) in [4.78, 5) is 39.5. The summed E-state index contributed by atoms with van der Waals surface area (Å²) in [6.45, 7) is 7.75. The number of esters is 1. The fourth-order valence-electron chi connectivity index (χ4n) is 4.31. The number of amides is 1. The van der Waals surface area contributed by atoms with Gasteiger partial charge in [0.25, 0.3) is 0 Å². The molecule has 33 heavy (non-hydrogen) atoms. The van der Waals surface area contributed by atoms with E-state index in [9.17, 15) is 14.4 Å². The van der Waals surface area contributed by atoms with E-state index in [0.717, 1.165) is 33.9 Å². The largest absolute Gasteiger partial charge is 0.457 e. The van der Waals surface area contributed by atoms with Crippen LogP contribution < -0.4 is 4.90 Å². The van der Waals surface area contributed by atoms with E-state index in [2.05, 4.69) is 0 Å². The second kappa shape index (κ2) is 9.06. The Hall–Kier alpha value is -3.67. The third kappa shape index (κ3) is 4.60. The fraction of sp³-hybridized carbons (Fsp3) is 0.296. The lowest BCUT2D eigenvalue weighted by molar-refractivity contribution is -0.147. The number of anilines is 1. The van der Waals surface area contributed by atoms with Crippen molar-refractivity contribution in [1.29, 1.82) is 0 Å². The Kier molecular flexibility index (Phi) is 6.18. The summed E-state index contributed by atoms with van der Waals surface area (Å²) >= 11 is 0. The monoisotopic (exact) mass is 444 g/mol. The first-order chi connectivity index (χ1) is 15.7. The molecule has 170 valence electrons. The van der Waals surface area contributed by atoms with Gasteiger partial charge in [0.05, 0.1) is 5.92 Å². The zero-order valence-corrected chi connectivity index (χ0v) is 19.4. The van der Waals surface area contributed by atoms with Gasteiger partial charge < -0.3 is 14.2 Å². The molecule has 6 heteroatoms. The molecule has 4 rings (SSSR count). The molecule has 1 aliphatic heterocycles. The topological polar surface area (TPSA) is 68.6 Å². The third-order valence-electron chi connectivity index (χ3n) is 6.17. The molecule has 1 saturated heterocycles. The van der Waals surface area contributed by atoms with E-state index in [0.29, 0.717) is 5.56 Å². The summed E-state index contributed by atoms with van der Waals surface area (Å²) in [7, 11) is 0. The van der Waals surface area contributed by atoms with E-state index >= 15 is 0 Å². The number of nitrogens with zero attached hydrogens (tertiary/aromatic N) is 2. The maximum Gasteiger partial charge on any atom is 0.311 e. The van der Waals surface area contributed by atoms with Crippen LogP contribution >= 0.6 is 0 Å². The molecule has 6 nitrogen and oxygen atoms in total. The summed E-state index contributed by atoms with van der Waals surface area (Å²) in [6.07, 6.45) is 0.0861. The molecule has 1 atom stereocenters. The van der Waals surface area contributed by atoms with Crippen LogP contribution in [-0.4, -0.2) is 35.4 Å². The lowest BCUT2D eigenvalue weighted by atomic mass is 10.1. The number of benzene rings is 2. The predicted molar refractivity (Wildman–Crippen MR) is 127 cm³/mol. The van der Waals surface area contributed by atoms with E-state index in [4.69, 9.17) is 4.74 Å². The molecule has 0 spiro atoms. The van der Waals surface area contributed by atoms with Gasteiger partial charge in [0, 0.05) is 41.3 Å². The van der Waals surface area contributed by atoms with Crippen LogP contribution in [0, 0.1) is 33.6 Å². The van der Waals surface area contributed by atoms with Crippen LogP contribution in [-0.2, 0) is 14.3 Å². The van der Waals surface area contributed by atoms with Crippen LogP contribution in [0.5, 0.6) is 0 Å². The number of aromatic nitrogens is 1. The molecule has 0 bridgehead atoms. The molecule has 1 amide bonds. The molecule has 3 aromatic rings. The van der Waals surface area contributed by atoms with E-state index in [1.54, 1.807) is 4.90 Å². The first-order valence-corrected chi connectivity index (χ1v) is 11.1. The highest BCUT2D eigenvalue weighted by Crippen LogP contribution is 2.26. The molecule has 2 heterocycles. The number of ether oxygens (including phenoxy) is 1. The van der Waals surface area contributed by atoms with Crippen molar-refractivity contribution in [2.45, 2.75) is 34.1 Å². The van der Waals surface area contributed by atoms with Crippen LogP contribution in [0.3, 0.4) is 0 Å². The number of hydrogen-bond acceptors (Lipinski definition) is 4. The van der Waals surface area contributed by atoms with Crippen LogP contribution in [0.25, 0.3) is 5.69 Å². The SMILES string of the molecule is Cc1ccc(N2CC(C(=O)OCC(=O)c3cc(C)n(-c4ccc(C)cc4)c3C)CC2=O)cc1. The van der Waals surface area contributed by atoms with Gasteiger partial charge >= 0.3 is 5.97 Å². The van der Waals surface area contributed by atoms with Crippen molar-refractivity contribution in [1.82, 2.24) is 4.57 Å². The molecule has 0 N–H and O–H groups in total. The van der Waals surface area contributed by atoms with E-state index in [-0.39, 0.29) is 31.3 Å². The van der Waals surface area contributed by atoms with Gasteiger partial charge in [-0.1, -0.05) is 35.4 Å². The van der Waals surface area contributed by atoms with Crippen molar-refractivity contribution in [2.75, 3.05) is 18.1 Å². The number of rotatable bonds is 6. The number of ketones is 1. The maximum absolute atomic E-state index is 12.8. The van der Waals surface area contributed by atoms with Gasteiger partial charge in [-0.05, 0) is 58.0 Å². The number of carbonyl (C=O) groups is 3. The number of Topliss-reactive ketones (excluding diaryl/α,β-unsaturated/α-hetero) is 1. The van der Waals surface area contributed by atoms with Gasteiger partial charge in [-0.25, -0.2) is 0 Å². The number of carbonyl (C=O) groups excluding carboxylic acids is 3. The first-order valence-electron chi connectivity index (χ1n) is 11.1. The van der Waals surface area contributed by atoms with Gasteiger partial charge in [0.15, 0.2) is 6.61 Å². The highest BCUT2D eigenvalue weighted by molar-refractivity contribution is 6.01. The fourth-order valence-corrected chi connectivity index (χ4v) is 4.31. The molecule has 0 saturated carbocycles. The molecular weight excluding hydrogens is 416 g/mol. The second-order valence-electron chi connectivity index (χ2n) is 8.73. The quantitative estimate of drug-likeness (QED) is 0.415. The minimum absolute atomic E-state index is 0.0861. The molecule has 2 aromatic carbocycles. The van der Waals surface area contributed by atoms with Crippen molar-refractivity contribution >= 4 is 23.3 Å². The Morgan fingerprint density at radius 1 is 0.909 bits per heavy atom. The summed E-state index contributed by atoms with van der Waals surface area (Å²) in [5.74, 6) is -1.46. The molecule has 0 aliphatic carbocycles. The van der Waals surface area contributed by atoms with Gasteiger partial charge in [-0.2, -0.15) is 0 Å². The van der Waals surface area contributed by atoms with E-state index in [1.165, 1.54) is 0 Å². The van der Waals surface area contributed by atoms with Crippen LogP contribution in [0.15, 0.2) is 54.6 Å². The predicted octanol–water partition coefficient (Wildman–Crippen LogP) is 4.49. The molecular formula is C27H28N2O4. The van der Waals surface area contributed by atoms with E-state index < -0.39 is 11.9 Å². The molecule has 0 radical (unpaired) electrons. The number of aryl methyl sites for hydroxylation is 3. The van der Waals surface area contributed by atoms with Crippen molar-refractivity contribution < 1.29 is 19.1 Å². The average Bonchev–Trinajstić information content (AvgIpc) is 3.32. The Morgan fingerprint density at radius 2 is 1.48 bits per heavy atom. The summed E-state index contributed by atoms with van der Waals surface area (Å²) < 4.78 is 7.36. The first kappa shape index (κ1) is 22.5. The third-order valence-corrected chi connectivity index (χ3v) is 6.17. The zero-order chi connectivity index (χ0) is 23.7. The van der Waals surface area contributed by atoms with Gasteiger partial charge in [-0.3, -0.25) is 14.4 Å².